The smallest absolute Gasteiger partial charge is 0.272 e. The third-order valence-corrected chi connectivity index (χ3v) is 2.43. The van der Waals surface area contributed by atoms with Crippen molar-refractivity contribution >= 4 is 18.1 Å². The summed E-state index contributed by atoms with van der Waals surface area (Å²) in [5.41, 5.74) is 8.45. The first-order valence-electron chi connectivity index (χ1n) is 5.06. The minimum absolute atomic E-state index is 0. The Morgan fingerprint density at radius 2 is 2.18 bits per heavy atom. The Morgan fingerprint density at radius 1 is 1.59 bits per heavy atom. The summed E-state index contributed by atoms with van der Waals surface area (Å²) in [4.78, 5) is 10.4. The fraction of sp³-hybridized carbons (Fsp3) is 0.333. The van der Waals surface area contributed by atoms with Crippen molar-refractivity contribution in [2.24, 2.45) is 5.73 Å². The van der Waals surface area contributed by atoms with Crippen LogP contribution in [0.4, 0.5) is 5.69 Å². The lowest BCUT2D eigenvalue weighted by atomic mass is 9.99. The SMILES string of the molecule is C=C(C)C[C@@H](N)c1ccc(C)c([N+](=O)[O-])c1.Cl. The van der Waals surface area contributed by atoms with Gasteiger partial charge < -0.3 is 5.73 Å². The van der Waals surface area contributed by atoms with Crippen molar-refractivity contribution in [1.29, 1.82) is 0 Å². The third kappa shape index (κ3) is 4.17. The molecule has 1 rings (SSSR count). The van der Waals surface area contributed by atoms with Gasteiger partial charge in [-0.25, -0.2) is 0 Å². The highest BCUT2D eigenvalue weighted by molar-refractivity contribution is 5.85. The first-order chi connectivity index (χ1) is 7.41. The lowest BCUT2D eigenvalue weighted by molar-refractivity contribution is -0.385. The number of aryl methyl sites for hydroxylation is 1. The zero-order chi connectivity index (χ0) is 12.3. The Hall–Kier alpha value is -1.39. The Morgan fingerprint density at radius 3 is 2.65 bits per heavy atom. The topological polar surface area (TPSA) is 69.2 Å². The molecule has 0 saturated carbocycles. The van der Waals surface area contributed by atoms with E-state index in [-0.39, 0.29) is 29.1 Å². The first kappa shape index (κ1) is 15.6. The van der Waals surface area contributed by atoms with Crippen molar-refractivity contribution < 1.29 is 4.92 Å². The van der Waals surface area contributed by atoms with Gasteiger partial charge in [0.15, 0.2) is 0 Å². The molecule has 0 aliphatic rings. The summed E-state index contributed by atoms with van der Waals surface area (Å²) in [5.74, 6) is 0. The van der Waals surface area contributed by atoms with Crippen LogP contribution in [0, 0.1) is 17.0 Å². The van der Waals surface area contributed by atoms with E-state index in [0.717, 1.165) is 11.1 Å². The van der Waals surface area contributed by atoms with Crippen molar-refractivity contribution in [1.82, 2.24) is 0 Å². The Bertz CT molecular complexity index is 433. The molecule has 0 aliphatic carbocycles. The lowest BCUT2D eigenvalue weighted by Crippen LogP contribution is -2.11. The highest BCUT2D eigenvalue weighted by atomic mass is 35.5. The van der Waals surface area contributed by atoms with E-state index in [1.54, 1.807) is 19.1 Å². The number of nitrogens with two attached hydrogens (primary N) is 1. The Balaban J connectivity index is 0.00000256. The average molecular weight is 257 g/mol. The van der Waals surface area contributed by atoms with E-state index >= 15 is 0 Å². The minimum Gasteiger partial charge on any atom is -0.324 e. The molecule has 0 heterocycles. The van der Waals surface area contributed by atoms with Gasteiger partial charge in [0.2, 0.25) is 0 Å². The van der Waals surface area contributed by atoms with Gasteiger partial charge in [-0.3, -0.25) is 10.1 Å². The van der Waals surface area contributed by atoms with E-state index < -0.39 is 0 Å². The summed E-state index contributed by atoms with van der Waals surface area (Å²) in [5, 5.41) is 10.8. The van der Waals surface area contributed by atoms with Crippen LogP contribution >= 0.6 is 12.4 Å². The number of nitro groups is 1. The molecule has 5 heteroatoms. The van der Waals surface area contributed by atoms with Gasteiger partial charge >= 0.3 is 0 Å². The van der Waals surface area contributed by atoms with E-state index in [4.69, 9.17) is 5.73 Å². The number of halogens is 1. The largest absolute Gasteiger partial charge is 0.324 e. The molecule has 1 atom stereocenters. The maximum atomic E-state index is 10.8. The maximum absolute atomic E-state index is 10.8. The van der Waals surface area contributed by atoms with Crippen LogP contribution in [0.5, 0.6) is 0 Å². The maximum Gasteiger partial charge on any atom is 0.272 e. The van der Waals surface area contributed by atoms with Gasteiger partial charge in [0, 0.05) is 17.7 Å². The van der Waals surface area contributed by atoms with Gasteiger partial charge in [-0.2, -0.15) is 0 Å². The molecule has 0 aliphatic heterocycles. The van der Waals surface area contributed by atoms with Gasteiger partial charge in [-0.1, -0.05) is 17.7 Å². The molecule has 0 spiro atoms. The van der Waals surface area contributed by atoms with Gasteiger partial charge in [-0.15, -0.1) is 19.0 Å². The van der Waals surface area contributed by atoms with E-state index in [1.165, 1.54) is 0 Å². The van der Waals surface area contributed by atoms with Gasteiger partial charge in [0.25, 0.3) is 5.69 Å². The molecule has 0 bridgehead atoms. The van der Waals surface area contributed by atoms with Gasteiger partial charge in [0.1, 0.15) is 0 Å². The average Bonchev–Trinajstić information content (AvgIpc) is 2.16. The molecule has 1 aromatic carbocycles. The van der Waals surface area contributed by atoms with Crippen molar-refractivity contribution in [2.45, 2.75) is 26.3 Å². The number of benzene rings is 1. The standard InChI is InChI=1S/C12H16N2O2.ClH/c1-8(2)6-11(13)10-5-4-9(3)12(7-10)14(15)16;/h4-5,7,11H,1,6,13H2,2-3H3;1H/t11-;/m1./s1. The number of hydrogen-bond donors (Lipinski definition) is 1. The van der Waals surface area contributed by atoms with Gasteiger partial charge in [-0.05, 0) is 25.8 Å². The zero-order valence-corrected chi connectivity index (χ0v) is 10.8. The van der Waals surface area contributed by atoms with E-state index in [2.05, 4.69) is 6.58 Å². The predicted molar refractivity (Wildman–Crippen MR) is 71.4 cm³/mol. The summed E-state index contributed by atoms with van der Waals surface area (Å²) in [6, 6.07) is 4.88. The highest BCUT2D eigenvalue weighted by Gasteiger charge is 2.14. The second kappa shape index (κ2) is 6.37. The predicted octanol–water partition coefficient (Wildman–Crippen LogP) is 3.29. The molecule has 0 unspecified atom stereocenters. The first-order valence-corrected chi connectivity index (χ1v) is 5.06. The molecule has 0 amide bonds. The van der Waals surface area contributed by atoms with Crippen molar-refractivity contribution in [3.05, 3.63) is 51.6 Å². The summed E-state index contributed by atoms with van der Waals surface area (Å²) in [6.45, 7) is 7.39. The highest BCUT2D eigenvalue weighted by Crippen LogP contribution is 2.24. The molecule has 0 saturated heterocycles. The fourth-order valence-electron chi connectivity index (χ4n) is 1.55. The van der Waals surface area contributed by atoms with Crippen LogP contribution in [0.1, 0.15) is 30.5 Å². The zero-order valence-electron chi connectivity index (χ0n) is 9.97. The monoisotopic (exact) mass is 256 g/mol. The molecule has 17 heavy (non-hydrogen) atoms. The van der Waals surface area contributed by atoms with Crippen LogP contribution in [0.15, 0.2) is 30.4 Å². The normalized spacial score (nSPS) is 11.5. The lowest BCUT2D eigenvalue weighted by Gasteiger charge is -2.12. The summed E-state index contributed by atoms with van der Waals surface area (Å²) in [7, 11) is 0. The third-order valence-electron chi connectivity index (χ3n) is 2.43. The number of nitrogens with zero attached hydrogens (tertiary/aromatic N) is 1. The Kier molecular flexibility index (Phi) is 5.85. The summed E-state index contributed by atoms with van der Waals surface area (Å²) in [6.07, 6.45) is 0.639. The molecular weight excluding hydrogens is 240 g/mol. The van der Waals surface area contributed by atoms with Crippen LogP contribution in [0.25, 0.3) is 0 Å². The van der Waals surface area contributed by atoms with Crippen LogP contribution in [0.3, 0.4) is 0 Å². The molecular formula is C12H17ClN2O2. The second-order valence-electron chi connectivity index (χ2n) is 4.07. The molecule has 1 aromatic rings. The fourth-order valence-corrected chi connectivity index (χ4v) is 1.55. The van der Waals surface area contributed by atoms with Crippen molar-refractivity contribution in [3.63, 3.8) is 0 Å². The molecule has 0 radical (unpaired) electrons. The van der Waals surface area contributed by atoms with E-state index in [0.29, 0.717) is 12.0 Å². The minimum atomic E-state index is -0.383. The molecule has 0 aromatic heterocycles. The van der Waals surface area contributed by atoms with Crippen LogP contribution in [-0.2, 0) is 0 Å². The van der Waals surface area contributed by atoms with Crippen LogP contribution in [-0.4, -0.2) is 4.92 Å². The molecule has 4 nitrogen and oxygen atoms in total. The Labute approximate surface area is 107 Å². The second-order valence-corrected chi connectivity index (χ2v) is 4.07. The molecule has 94 valence electrons. The summed E-state index contributed by atoms with van der Waals surface area (Å²) < 4.78 is 0. The van der Waals surface area contributed by atoms with Crippen LogP contribution < -0.4 is 5.73 Å². The summed E-state index contributed by atoms with van der Waals surface area (Å²) >= 11 is 0. The quantitative estimate of drug-likeness (QED) is 0.511. The number of rotatable bonds is 4. The van der Waals surface area contributed by atoms with Crippen molar-refractivity contribution in [3.8, 4) is 0 Å². The van der Waals surface area contributed by atoms with Crippen molar-refractivity contribution in [2.75, 3.05) is 0 Å². The molecule has 2 N–H and O–H groups in total. The number of nitro benzene ring substituents is 1. The van der Waals surface area contributed by atoms with Gasteiger partial charge in [0.05, 0.1) is 4.92 Å². The molecule has 0 fully saturated rings. The van der Waals surface area contributed by atoms with E-state index in [9.17, 15) is 10.1 Å². The number of hydrogen-bond acceptors (Lipinski definition) is 3. The van der Waals surface area contributed by atoms with E-state index in [1.807, 2.05) is 13.0 Å². The van der Waals surface area contributed by atoms with Crippen LogP contribution in [0.2, 0.25) is 0 Å².